The Kier molecular flexibility index (Phi) is 6.19. The third kappa shape index (κ3) is 4.61. The van der Waals surface area contributed by atoms with E-state index >= 15 is 0 Å². The summed E-state index contributed by atoms with van der Waals surface area (Å²) < 4.78 is 28.8. The highest BCUT2D eigenvalue weighted by Gasteiger charge is 2.24. The molecule has 0 radical (unpaired) electrons. The fraction of sp³-hybridized carbons (Fsp3) is 0.217. The number of primary amides is 1. The van der Waals surface area contributed by atoms with Crippen LogP contribution in [0.15, 0.2) is 42.5 Å². The molecule has 4 rings (SSSR count). The second kappa shape index (κ2) is 9.07. The minimum Gasteiger partial charge on any atom is -0.365 e. The highest BCUT2D eigenvalue weighted by molar-refractivity contribution is 7.21. The van der Waals surface area contributed by atoms with E-state index in [-0.39, 0.29) is 27.7 Å². The minimum atomic E-state index is -2.80. The predicted molar refractivity (Wildman–Crippen MR) is 123 cm³/mol. The van der Waals surface area contributed by atoms with Gasteiger partial charge in [-0.25, -0.2) is 13.8 Å². The summed E-state index contributed by atoms with van der Waals surface area (Å²) >= 11 is 0.883. The van der Waals surface area contributed by atoms with Gasteiger partial charge in [-0.05, 0) is 37.1 Å². The first-order valence-corrected chi connectivity index (χ1v) is 11.0. The van der Waals surface area contributed by atoms with E-state index in [4.69, 9.17) is 5.73 Å². The maximum Gasteiger partial charge on any atom is 0.280 e. The molecule has 3 aromatic heterocycles. The molecule has 3 heterocycles. The molecule has 170 valence electrons. The summed E-state index contributed by atoms with van der Waals surface area (Å²) in [5, 5.41) is 7.52. The summed E-state index contributed by atoms with van der Waals surface area (Å²) in [6.07, 6.45) is -2.70. The van der Waals surface area contributed by atoms with Crippen molar-refractivity contribution in [2.75, 3.05) is 5.32 Å². The van der Waals surface area contributed by atoms with Crippen LogP contribution in [-0.2, 0) is 11.3 Å². The summed E-state index contributed by atoms with van der Waals surface area (Å²) in [6.45, 7) is 4.11. The van der Waals surface area contributed by atoms with Crippen LogP contribution < -0.4 is 11.1 Å². The van der Waals surface area contributed by atoms with Crippen LogP contribution in [0.4, 0.5) is 14.5 Å². The van der Waals surface area contributed by atoms with E-state index in [0.717, 1.165) is 22.7 Å². The number of hydrogen-bond donors (Lipinski definition) is 2. The molecule has 0 unspecified atom stereocenters. The van der Waals surface area contributed by atoms with Crippen molar-refractivity contribution in [2.45, 2.75) is 33.2 Å². The summed E-state index contributed by atoms with van der Waals surface area (Å²) in [6, 6.07) is 12.1. The number of alkyl halides is 2. The third-order valence-electron chi connectivity index (χ3n) is 5.13. The molecular formula is C23H21F2N5O2S. The topological polar surface area (TPSA) is 103 Å². The molecule has 0 spiro atoms. The molecule has 4 aromatic rings. The van der Waals surface area contributed by atoms with Gasteiger partial charge in [0.05, 0.1) is 11.4 Å². The van der Waals surface area contributed by atoms with Gasteiger partial charge in [0.25, 0.3) is 12.3 Å². The molecule has 0 saturated carbocycles. The second-order valence-electron chi connectivity index (χ2n) is 7.56. The lowest BCUT2D eigenvalue weighted by molar-refractivity contribution is -0.116. The van der Waals surface area contributed by atoms with Gasteiger partial charge in [-0.2, -0.15) is 5.10 Å². The molecule has 2 amide bonds. The van der Waals surface area contributed by atoms with Crippen LogP contribution in [0.25, 0.3) is 21.3 Å². The fourth-order valence-corrected chi connectivity index (χ4v) is 4.69. The monoisotopic (exact) mass is 469 g/mol. The Morgan fingerprint density at radius 3 is 2.52 bits per heavy atom. The third-order valence-corrected chi connectivity index (χ3v) is 6.23. The number of benzene rings is 1. The quantitative estimate of drug-likeness (QED) is 0.404. The summed E-state index contributed by atoms with van der Waals surface area (Å²) in [5.74, 6) is -1.13. The van der Waals surface area contributed by atoms with Crippen molar-refractivity contribution < 1.29 is 18.4 Å². The number of carbonyl (C=O) groups excluding carboxylic acids is 2. The zero-order chi connectivity index (χ0) is 23.7. The van der Waals surface area contributed by atoms with Crippen LogP contribution in [0.5, 0.6) is 0 Å². The first kappa shape index (κ1) is 22.5. The lowest BCUT2D eigenvalue weighted by Gasteiger charge is -2.11. The lowest BCUT2D eigenvalue weighted by Crippen LogP contribution is -2.18. The maximum atomic E-state index is 13.5. The summed E-state index contributed by atoms with van der Waals surface area (Å²) in [4.78, 5) is 29.3. The van der Waals surface area contributed by atoms with Gasteiger partial charge >= 0.3 is 0 Å². The number of nitrogens with one attached hydrogen (secondary N) is 1. The average molecular weight is 470 g/mol. The molecular weight excluding hydrogens is 448 g/mol. The van der Waals surface area contributed by atoms with E-state index in [1.165, 1.54) is 6.07 Å². The van der Waals surface area contributed by atoms with Crippen LogP contribution in [0.1, 0.15) is 39.6 Å². The Balaban J connectivity index is 1.77. The van der Waals surface area contributed by atoms with Crippen molar-refractivity contribution in [3.8, 4) is 11.1 Å². The van der Waals surface area contributed by atoms with Crippen molar-refractivity contribution in [1.82, 2.24) is 14.8 Å². The molecule has 1 aromatic carbocycles. The number of rotatable bonds is 7. The highest BCUT2D eigenvalue weighted by Crippen LogP contribution is 2.42. The Labute approximate surface area is 192 Å². The van der Waals surface area contributed by atoms with Gasteiger partial charge in [0, 0.05) is 24.0 Å². The number of aryl methyl sites for hydroxylation is 3. The number of nitrogens with zero attached hydrogens (tertiary/aromatic N) is 3. The van der Waals surface area contributed by atoms with Gasteiger partial charge in [-0.1, -0.05) is 30.3 Å². The standard InChI is InChI=1S/C23H21F2N5O2S/c1-12-10-13(2)30(29-12)9-8-17(31)28-19-18-15(14-6-4-3-5-7-14)11-16(21(24)25)27-23(18)33-20(19)22(26)32/h3-7,10-11,21H,8-9H2,1-2H3,(H2,26,32)(H,28,31). The molecule has 0 aliphatic heterocycles. The Bertz CT molecular complexity index is 1350. The predicted octanol–water partition coefficient (Wildman–Crippen LogP) is 4.84. The van der Waals surface area contributed by atoms with Crippen LogP contribution in [-0.4, -0.2) is 26.6 Å². The SMILES string of the molecule is Cc1cc(C)n(CCC(=O)Nc2c(C(N)=O)sc3nc(C(F)F)cc(-c4ccccc4)c23)n1. The normalized spacial score (nSPS) is 11.3. The number of aromatic nitrogens is 3. The zero-order valence-corrected chi connectivity index (χ0v) is 18.7. The molecule has 0 aliphatic carbocycles. The number of nitrogens with two attached hydrogens (primary N) is 1. The van der Waals surface area contributed by atoms with Gasteiger partial charge in [0.1, 0.15) is 15.4 Å². The molecule has 0 atom stereocenters. The van der Waals surface area contributed by atoms with Crippen molar-refractivity contribution in [3.05, 3.63) is 64.4 Å². The summed E-state index contributed by atoms with van der Waals surface area (Å²) in [5.41, 5.74) is 8.19. The number of amides is 2. The van der Waals surface area contributed by atoms with Crippen LogP contribution in [0, 0.1) is 13.8 Å². The van der Waals surface area contributed by atoms with E-state index in [1.54, 1.807) is 35.0 Å². The van der Waals surface area contributed by atoms with Gasteiger partial charge in [0.15, 0.2) is 0 Å². The van der Waals surface area contributed by atoms with Crippen LogP contribution >= 0.6 is 11.3 Å². The van der Waals surface area contributed by atoms with Gasteiger partial charge in [0.2, 0.25) is 5.91 Å². The molecule has 10 heteroatoms. The first-order valence-electron chi connectivity index (χ1n) is 10.2. The molecule has 0 saturated heterocycles. The van der Waals surface area contributed by atoms with E-state index in [1.807, 2.05) is 19.9 Å². The van der Waals surface area contributed by atoms with Gasteiger partial charge < -0.3 is 11.1 Å². The number of carbonyl (C=O) groups is 2. The number of hydrogen-bond acceptors (Lipinski definition) is 5. The number of fused-ring (bicyclic) bond motifs is 1. The van der Waals surface area contributed by atoms with E-state index in [0.29, 0.717) is 23.1 Å². The van der Waals surface area contributed by atoms with E-state index in [2.05, 4.69) is 15.4 Å². The fourth-order valence-electron chi connectivity index (χ4n) is 3.68. The van der Waals surface area contributed by atoms with E-state index < -0.39 is 18.0 Å². The smallest absolute Gasteiger partial charge is 0.280 e. The van der Waals surface area contributed by atoms with Crippen molar-refractivity contribution >= 4 is 39.1 Å². The number of anilines is 1. The Morgan fingerprint density at radius 1 is 1.18 bits per heavy atom. The second-order valence-corrected chi connectivity index (χ2v) is 8.56. The maximum absolute atomic E-state index is 13.5. The first-order chi connectivity index (χ1) is 15.7. The van der Waals surface area contributed by atoms with E-state index in [9.17, 15) is 18.4 Å². The molecule has 3 N–H and O–H groups in total. The molecule has 0 bridgehead atoms. The largest absolute Gasteiger partial charge is 0.365 e. The van der Waals surface area contributed by atoms with Crippen LogP contribution in [0.3, 0.4) is 0 Å². The number of thiophene rings is 1. The summed E-state index contributed by atoms with van der Waals surface area (Å²) in [7, 11) is 0. The Hall–Kier alpha value is -3.66. The molecule has 0 fully saturated rings. The van der Waals surface area contributed by atoms with Crippen LogP contribution in [0.2, 0.25) is 0 Å². The van der Waals surface area contributed by atoms with Crippen molar-refractivity contribution in [3.63, 3.8) is 0 Å². The van der Waals surface area contributed by atoms with Crippen molar-refractivity contribution in [2.24, 2.45) is 5.73 Å². The van der Waals surface area contributed by atoms with Gasteiger partial charge in [-0.3, -0.25) is 14.3 Å². The molecule has 33 heavy (non-hydrogen) atoms. The Morgan fingerprint density at radius 2 is 1.91 bits per heavy atom. The average Bonchev–Trinajstić information content (AvgIpc) is 3.31. The number of pyridine rings is 1. The minimum absolute atomic E-state index is 0.0561. The molecule has 7 nitrogen and oxygen atoms in total. The van der Waals surface area contributed by atoms with Crippen molar-refractivity contribution in [1.29, 1.82) is 0 Å². The molecule has 0 aliphatic rings. The lowest BCUT2D eigenvalue weighted by atomic mass is 10.0. The van der Waals surface area contributed by atoms with Gasteiger partial charge in [-0.15, -0.1) is 11.3 Å². The highest BCUT2D eigenvalue weighted by atomic mass is 32.1. The number of halogens is 2. The zero-order valence-electron chi connectivity index (χ0n) is 17.9.